The van der Waals surface area contributed by atoms with Crippen LogP contribution in [0.4, 0.5) is 11.4 Å². The Morgan fingerprint density at radius 2 is 1.48 bits per heavy atom. The smallest absolute Gasteiger partial charge is 0.0536 e. The summed E-state index contributed by atoms with van der Waals surface area (Å²) in [6, 6.07) is 37.6. The predicted octanol–water partition coefficient (Wildman–Crippen LogP) is 8.68. The maximum Gasteiger partial charge on any atom is 0.0536 e. The highest BCUT2D eigenvalue weighted by molar-refractivity contribution is 5.98. The zero-order valence-corrected chi connectivity index (χ0v) is 19.0. The zero-order chi connectivity index (χ0) is 22.2. The molecule has 0 bridgehead atoms. The van der Waals surface area contributed by atoms with Gasteiger partial charge in [0, 0.05) is 16.8 Å². The Morgan fingerprint density at radius 1 is 0.667 bits per heavy atom. The molecular formula is C32H27N. The standard InChI is InChI=1S/C32H27N/c1-2-23-15-19-29-25(21-23)16-17-26-22-28(18-20-30(26)29)33(27-11-4-3-5-12-27)32-14-8-10-24-9-6-7-13-31(24)32/h3-17,19,21-22H,2,18,20H2,1H3. The van der Waals surface area contributed by atoms with Crippen LogP contribution in [0.3, 0.4) is 0 Å². The van der Waals surface area contributed by atoms with E-state index in [9.17, 15) is 0 Å². The second-order valence-corrected chi connectivity index (χ2v) is 8.85. The van der Waals surface area contributed by atoms with Gasteiger partial charge in [0.05, 0.1) is 5.69 Å². The minimum atomic E-state index is 1.01. The van der Waals surface area contributed by atoms with E-state index in [0.29, 0.717) is 0 Å². The van der Waals surface area contributed by atoms with Gasteiger partial charge < -0.3 is 4.90 Å². The van der Waals surface area contributed by atoms with Gasteiger partial charge in [0.25, 0.3) is 0 Å². The quantitative estimate of drug-likeness (QED) is 0.278. The average molecular weight is 426 g/mol. The van der Waals surface area contributed by atoms with Crippen LogP contribution in [-0.4, -0.2) is 0 Å². The van der Waals surface area contributed by atoms with Crippen molar-refractivity contribution in [3.63, 3.8) is 0 Å². The van der Waals surface area contributed by atoms with E-state index in [2.05, 4.69) is 121 Å². The van der Waals surface area contributed by atoms with Crippen LogP contribution in [-0.2, 0) is 12.8 Å². The lowest BCUT2D eigenvalue weighted by atomic mass is 9.89. The van der Waals surface area contributed by atoms with Gasteiger partial charge in [-0.15, -0.1) is 0 Å². The van der Waals surface area contributed by atoms with Crippen LogP contribution < -0.4 is 4.90 Å². The number of nitrogens with zero attached hydrogens (tertiary/aromatic N) is 1. The van der Waals surface area contributed by atoms with Gasteiger partial charge in [-0.2, -0.15) is 0 Å². The normalized spacial score (nSPS) is 13.1. The van der Waals surface area contributed by atoms with E-state index in [0.717, 1.165) is 19.3 Å². The fraction of sp³-hybridized carbons (Fsp3) is 0.125. The van der Waals surface area contributed by atoms with Crippen molar-refractivity contribution in [3.05, 3.63) is 126 Å². The topological polar surface area (TPSA) is 3.24 Å². The fourth-order valence-corrected chi connectivity index (χ4v) is 5.22. The summed E-state index contributed by atoms with van der Waals surface area (Å²) in [7, 11) is 0. The van der Waals surface area contributed by atoms with Crippen molar-refractivity contribution in [3.8, 4) is 0 Å². The third kappa shape index (κ3) is 3.50. The number of benzene rings is 5. The van der Waals surface area contributed by atoms with E-state index in [1.54, 1.807) is 0 Å². The Bertz CT molecular complexity index is 1490. The van der Waals surface area contributed by atoms with Crippen LogP contribution in [0.5, 0.6) is 0 Å². The minimum Gasteiger partial charge on any atom is -0.314 e. The first-order valence-corrected chi connectivity index (χ1v) is 11.9. The van der Waals surface area contributed by atoms with Crippen molar-refractivity contribution < 1.29 is 0 Å². The van der Waals surface area contributed by atoms with Gasteiger partial charge in [-0.3, -0.25) is 0 Å². The molecule has 0 radical (unpaired) electrons. The van der Waals surface area contributed by atoms with Crippen LogP contribution in [0.15, 0.2) is 109 Å². The first kappa shape index (κ1) is 19.8. The summed E-state index contributed by atoms with van der Waals surface area (Å²) in [5.41, 5.74) is 8.01. The molecule has 0 saturated carbocycles. The highest BCUT2D eigenvalue weighted by Crippen LogP contribution is 2.40. The molecule has 1 nitrogen and oxygen atoms in total. The second kappa shape index (κ2) is 8.26. The molecule has 0 N–H and O–H groups in total. The molecule has 0 heterocycles. The van der Waals surface area contributed by atoms with Gasteiger partial charge in [0.15, 0.2) is 0 Å². The number of rotatable bonds is 4. The number of fused-ring (bicyclic) bond motifs is 4. The SMILES string of the molecule is CCc1ccc2c3c(ccc2c1)C=C(N(c1ccccc1)c1cccc2ccccc12)CC3. The maximum atomic E-state index is 2.45. The number of anilines is 2. The fourth-order valence-electron chi connectivity index (χ4n) is 5.22. The molecule has 160 valence electrons. The number of hydrogen-bond donors (Lipinski definition) is 0. The van der Waals surface area contributed by atoms with Gasteiger partial charge in [-0.25, -0.2) is 0 Å². The molecule has 0 fully saturated rings. The Morgan fingerprint density at radius 3 is 2.36 bits per heavy atom. The van der Waals surface area contributed by atoms with Gasteiger partial charge >= 0.3 is 0 Å². The van der Waals surface area contributed by atoms with Crippen molar-refractivity contribution in [1.29, 1.82) is 0 Å². The molecule has 0 atom stereocenters. The van der Waals surface area contributed by atoms with Crippen molar-refractivity contribution in [2.75, 3.05) is 4.90 Å². The van der Waals surface area contributed by atoms with E-state index in [-0.39, 0.29) is 0 Å². The van der Waals surface area contributed by atoms with Crippen LogP contribution in [0.1, 0.15) is 30.0 Å². The van der Waals surface area contributed by atoms with Gasteiger partial charge in [-0.05, 0) is 76.4 Å². The molecule has 0 spiro atoms. The van der Waals surface area contributed by atoms with E-state index in [4.69, 9.17) is 0 Å². The molecule has 1 aliphatic carbocycles. The van der Waals surface area contributed by atoms with Crippen LogP contribution in [0.2, 0.25) is 0 Å². The molecule has 33 heavy (non-hydrogen) atoms. The van der Waals surface area contributed by atoms with Crippen LogP contribution in [0, 0.1) is 0 Å². The van der Waals surface area contributed by atoms with Gasteiger partial charge in [0.1, 0.15) is 0 Å². The molecule has 0 aliphatic heterocycles. The summed E-state index contributed by atoms with van der Waals surface area (Å²) < 4.78 is 0. The Labute approximate surface area is 195 Å². The summed E-state index contributed by atoms with van der Waals surface area (Å²) in [5, 5.41) is 5.31. The first-order chi connectivity index (χ1) is 16.3. The van der Waals surface area contributed by atoms with E-state index in [1.807, 2.05) is 0 Å². The average Bonchev–Trinajstić information content (AvgIpc) is 2.89. The van der Waals surface area contributed by atoms with E-state index in [1.165, 1.54) is 55.3 Å². The lowest BCUT2D eigenvalue weighted by molar-refractivity contribution is 0.902. The van der Waals surface area contributed by atoms with Gasteiger partial charge in [-0.1, -0.05) is 91.9 Å². The number of aryl methyl sites for hydroxylation is 2. The van der Waals surface area contributed by atoms with Crippen molar-refractivity contribution in [2.45, 2.75) is 26.2 Å². The molecule has 5 aromatic carbocycles. The molecule has 1 heteroatoms. The summed E-state index contributed by atoms with van der Waals surface area (Å²) in [4.78, 5) is 2.45. The molecule has 0 amide bonds. The number of para-hydroxylation sites is 1. The summed E-state index contributed by atoms with van der Waals surface area (Å²) in [6.07, 6.45) is 5.55. The Balaban J connectivity index is 1.53. The molecule has 0 aromatic heterocycles. The molecule has 6 rings (SSSR count). The molecule has 0 saturated heterocycles. The van der Waals surface area contributed by atoms with E-state index < -0.39 is 0 Å². The molecule has 0 unspecified atom stereocenters. The highest BCUT2D eigenvalue weighted by Gasteiger charge is 2.21. The maximum absolute atomic E-state index is 2.45. The monoisotopic (exact) mass is 425 g/mol. The lowest BCUT2D eigenvalue weighted by Gasteiger charge is -2.32. The molecule has 1 aliphatic rings. The molecule has 5 aromatic rings. The summed E-state index contributed by atoms with van der Waals surface area (Å²) >= 11 is 0. The Kier molecular flexibility index (Phi) is 4.96. The third-order valence-corrected chi connectivity index (χ3v) is 6.90. The minimum absolute atomic E-state index is 1.01. The number of hydrogen-bond acceptors (Lipinski definition) is 1. The van der Waals surface area contributed by atoms with Crippen molar-refractivity contribution in [1.82, 2.24) is 0 Å². The third-order valence-electron chi connectivity index (χ3n) is 6.90. The highest BCUT2D eigenvalue weighted by atomic mass is 15.1. The van der Waals surface area contributed by atoms with Crippen molar-refractivity contribution in [2.24, 2.45) is 0 Å². The van der Waals surface area contributed by atoms with Crippen LogP contribution in [0.25, 0.3) is 27.6 Å². The second-order valence-electron chi connectivity index (χ2n) is 8.85. The molecular weight excluding hydrogens is 398 g/mol. The summed E-state index contributed by atoms with van der Waals surface area (Å²) in [6.45, 7) is 2.22. The van der Waals surface area contributed by atoms with Crippen molar-refractivity contribution >= 4 is 39.0 Å². The predicted molar refractivity (Wildman–Crippen MR) is 142 cm³/mol. The first-order valence-electron chi connectivity index (χ1n) is 11.9. The van der Waals surface area contributed by atoms with Gasteiger partial charge in [0.2, 0.25) is 0 Å². The lowest BCUT2D eigenvalue weighted by Crippen LogP contribution is -2.19. The Hall–Kier alpha value is -3.84. The number of allylic oxidation sites excluding steroid dienone is 1. The largest absolute Gasteiger partial charge is 0.314 e. The van der Waals surface area contributed by atoms with Crippen LogP contribution >= 0.6 is 0 Å². The van der Waals surface area contributed by atoms with E-state index >= 15 is 0 Å². The zero-order valence-electron chi connectivity index (χ0n) is 19.0. The summed E-state index contributed by atoms with van der Waals surface area (Å²) in [5.74, 6) is 0.